The Bertz CT molecular complexity index is 1460. The highest BCUT2D eigenvalue weighted by Gasteiger charge is 2.28. The van der Waals surface area contributed by atoms with Crippen LogP contribution in [0.15, 0.2) is 91.0 Å². The molecule has 0 spiro atoms. The summed E-state index contributed by atoms with van der Waals surface area (Å²) in [6.45, 7) is 5.29. The van der Waals surface area contributed by atoms with E-state index in [2.05, 4.69) is 108 Å². The van der Waals surface area contributed by atoms with Gasteiger partial charge in [0.15, 0.2) is 13.5 Å². The van der Waals surface area contributed by atoms with Crippen LogP contribution in [0.25, 0.3) is 0 Å². The summed E-state index contributed by atoms with van der Waals surface area (Å²) in [5.41, 5.74) is 9.42. The lowest BCUT2D eigenvalue weighted by Crippen LogP contribution is -2.32. The van der Waals surface area contributed by atoms with Gasteiger partial charge in [-0.1, -0.05) is 67.6 Å². The maximum atomic E-state index is 6.32. The second-order valence-electron chi connectivity index (χ2n) is 11.6. The molecule has 0 amide bonds. The highest BCUT2D eigenvalue weighted by atomic mass is 16.5. The Hall–Kier alpha value is -3.92. The molecule has 0 radical (unpaired) electrons. The molecule has 0 bridgehead atoms. The van der Waals surface area contributed by atoms with Gasteiger partial charge >= 0.3 is 0 Å². The molecule has 2 aliphatic heterocycles. The van der Waals surface area contributed by atoms with Crippen molar-refractivity contribution in [3.8, 4) is 11.5 Å². The van der Waals surface area contributed by atoms with E-state index in [-0.39, 0.29) is 0 Å². The van der Waals surface area contributed by atoms with Gasteiger partial charge in [-0.2, -0.15) is 0 Å². The lowest BCUT2D eigenvalue weighted by atomic mass is 9.75. The van der Waals surface area contributed by atoms with Crippen LogP contribution in [0.5, 0.6) is 11.5 Å². The highest BCUT2D eigenvalue weighted by molar-refractivity contribution is 5.54. The first kappa shape index (κ1) is 25.1. The summed E-state index contributed by atoms with van der Waals surface area (Å²) in [7, 11) is 0. The van der Waals surface area contributed by atoms with E-state index in [0.717, 1.165) is 31.0 Å². The zero-order chi connectivity index (χ0) is 26.9. The fourth-order valence-electron chi connectivity index (χ4n) is 6.86. The predicted molar refractivity (Wildman–Crippen MR) is 162 cm³/mol. The van der Waals surface area contributed by atoms with Crippen LogP contribution in [0.4, 0.5) is 11.4 Å². The van der Waals surface area contributed by atoms with Gasteiger partial charge in [0.05, 0.1) is 0 Å². The molecule has 7 rings (SSSR count). The van der Waals surface area contributed by atoms with Gasteiger partial charge in [0.25, 0.3) is 0 Å². The van der Waals surface area contributed by atoms with Crippen molar-refractivity contribution in [2.45, 2.75) is 64.0 Å². The standard InChI is InChI=1S/C36H38N2O2/c1-2-26-19-30(21-32-23-38(25-40-36(26)32)34-11-7-4-8-12-34)28-15-13-27(14-16-28)29-17-18-35-31(20-29)22-37(24-39-35)33-9-5-3-6-10-33/h3-12,17-21,27-28H,2,13-16,22-25H2,1H3. The first-order valence-electron chi connectivity index (χ1n) is 14.9. The van der Waals surface area contributed by atoms with Gasteiger partial charge < -0.3 is 19.3 Å². The maximum absolute atomic E-state index is 6.32. The monoisotopic (exact) mass is 530 g/mol. The van der Waals surface area contributed by atoms with E-state index in [0.29, 0.717) is 25.3 Å². The Morgan fingerprint density at radius 2 is 1.20 bits per heavy atom. The molecule has 1 aliphatic carbocycles. The fourth-order valence-corrected chi connectivity index (χ4v) is 6.86. The number of aryl methyl sites for hydroxylation is 1. The van der Waals surface area contributed by atoms with Crippen molar-refractivity contribution in [2.24, 2.45) is 0 Å². The summed E-state index contributed by atoms with van der Waals surface area (Å²) in [6.07, 6.45) is 5.95. The van der Waals surface area contributed by atoms with Gasteiger partial charge in [-0.05, 0) is 91.0 Å². The Morgan fingerprint density at radius 3 is 1.85 bits per heavy atom. The quantitative estimate of drug-likeness (QED) is 0.259. The molecule has 0 N–H and O–H groups in total. The summed E-state index contributed by atoms with van der Waals surface area (Å²) in [5.74, 6) is 3.40. The fraction of sp³-hybridized carbons (Fsp3) is 0.333. The molecule has 4 nitrogen and oxygen atoms in total. The van der Waals surface area contributed by atoms with Crippen LogP contribution in [0.1, 0.15) is 72.3 Å². The van der Waals surface area contributed by atoms with E-state index < -0.39 is 0 Å². The van der Waals surface area contributed by atoms with Crippen LogP contribution in [0.3, 0.4) is 0 Å². The molecular weight excluding hydrogens is 492 g/mol. The molecule has 0 unspecified atom stereocenters. The van der Waals surface area contributed by atoms with Crippen molar-refractivity contribution in [2.75, 3.05) is 23.3 Å². The molecule has 0 atom stereocenters. The van der Waals surface area contributed by atoms with Gasteiger partial charge in [-0.25, -0.2) is 0 Å². The average molecular weight is 531 g/mol. The van der Waals surface area contributed by atoms with E-state index in [1.165, 1.54) is 64.9 Å². The average Bonchev–Trinajstić information content (AvgIpc) is 3.04. The van der Waals surface area contributed by atoms with Crippen LogP contribution in [-0.4, -0.2) is 13.5 Å². The van der Waals surface area contributed by atoms with Crippen molar-refractivity contribution in [1.82, 2.24) is 0 Å². The van der Waals surface area contributed by atoms with Crippen LogP contribution >= 0.6 is 0 Å². The minimum Gasteiger partial charge on any atom is -0.473 e. The first-order chi connectivity index (χ1) is 19.7. The summed E-state index contributed by atoms with van der Waals surface area (Å²) >= 11 is 0. The van der Waals surface area contributed by atoms with Gasteiger partial charge in [0.2, 0.25) is 0 Å². The number of ether oxygens (including phenoxy) is 2. The third-order valence-corrected chi connectivity index (χ3v) is 9.11. The normalized spacial score (nSPS) is 20.2. The zero-order valence-corrected chi connectivity index (χ0v) is 23.4. The number of rotatable bonds is 5. The molecule has 4 aromatic carbocycles. The third-order valence-electron chi connectivity index (χ3n) is 9.11. The van der Waals surface area contributed by atoms with E-state index in [1.54, 1.807) is 0 Å². The lowest BCUT2D eigenvalue weighted by Gasteiger charge is -2.34. The molecule has 0 aromatic heterocycles. The van der Waals surface area contributed by atoms with Crippen molar-refractivity contribution < 1.29 is 9.47 Å². The van der Waals surface area contributed by atoms with Gasteiger partial charge in [0, 0.05) is 35.6 Å². The molecular formula is C36H38N2O2. The SMILES string of the molecule is CCc1cc(C2CCC(c3ccc4c(c3)CN(c3ccccc3)CO4)CC2)cc2c1OCN(c1ccccc1)C2. The Balaban J connectivity index is 1.05. The second-order valence-corrected chi connectivity index (χ2v) is 11.6. The van der Waals surface area contributed by atoms with E-state index in [9.17, 15) is 0 Å². The molecule has 2 heterocycles. The van der Waals surface area contributed by atoms with Gasteiger partial charge in [0.1, 0.15) is 11.5 Å². The first-order valence-corrected chi connectivity index (χ1v) is 14.9. The summed E-state index contributed by atoms with van der Waals surface area (Å²) in [4.78, 5) is 4.65. The number of para-hydroxylation sites is 2. The molecule has 204 valence electrons. The lowest BCUT2D eigenvalue weighted by molar-refractivity contribution is 0.286. The highest BCUT2D eigenvalue weighted by Crippen LogP contribution is 2.44. The van der Waals surface area contributed by atoms with Crippen molar-refractivity contribution >= 4 is 11.4 Å². The number of hydrogen-bond donors (Lipinski definition) is 0. The van der Waals surface area contributed by atoms with Crippen molar-refractivity contribution in [3.05, 3.63) is 119 Å². The van der Waals surface area contributed by atoms with Crippen LogP contribution in [-0.2, 0) is 19.5 Å². The Morgan fingerprint density at radius 1 is 0.625 bits per heavy atom. The number of benzene rings is 4. The van der Waals surface area contributed by atoms with Crippen LogP contribution < -0.4 is 19.3 Å². The van der Waals surface area contributed by atoms with Crippen LogP contribution in [0.2, 0.25) is 0 Å². The minimum atomic E-state index is 0.607. The van der Waals surface area contributed by atoms with Crippen molar-refractivity contribution in [3.63, 3.8) is 0 Å². The number of hydrogen-bond acceptors (Lipinski definition) is 4. The second kappa shape index (κ2) is 10.9. The molecule has 3 aliphatic rings. The minimum absolute atomic E-state index is 0.607. The molecule has 4 aromatic rings. The molecule has 1 saturated carbocycles. The topological polar surface area (TPSA) is 24.9 Å². The molecule has 0 saturated heterocycles. The molecule has 4 heteroatoms. The maximum Gasteiger partial charge on any atom is 0.161 e. The van der Waals surface area contributed by atoms with Crippen LogP contribution in [0, 0.1) is 0 Å². The zero-order valence-electron chi connectivity index (χ0n) is 23.4. The van der Waals surface area contributed by atoms with E-state index in [4.69, 9.17) is 9.47 Å². The Kier molecular flexibility index (Phi) is 6.85. The van der Waals surface area contributed by atoms with Crippen molar-refractivity contribution in [1.29, 1.82) is 0 Å². The smallest absolute Gasteiger partial charge is 0.161 e. The third kappa shape index (κ3) is 4.92. The predicted octanol–water partition coefficient (Wildman–Crippen LogP) is 8.40. The summed E-state index contributed by atoms with van der Waals surface area (Å²) in [5, 5.41) is 0. The largest absolute Gasteiger partial charge is 0.473 e. The van der Waals surface area contributed by atoms with E-state index >= 15 is 0 Å². The van der Waals surface area contributed by atoms with E-state index in [1.807, 2.05) is 0 Å². The number of anilines is 2. The molecule has 40 heavy (non-hydrogen) atoms. The number of nitrogens with zero attached hydrogens (tertiary/aromatic N) is 2. The van der Waals surface area contributed by atoms with Gasteiger partial charge in [-0.3, -0.25) is 0 Å². The Labute approximate surface area is 238 Å². The summed E-state index contributed by atoms with van der Waals surface area (Å²) in [6, 6.07) is 33.0. The summed E-state index contributed by atoms with van der Waals surface area (Å²) < 4.78 is 12.4. The van der Waals surface area contributed by atoms with Gasteiger partial charge in [-0.15, -0.1) is 0 Å². The molecule has 1 fully saturated rings. The number of fused-ring (bicyclic) bond motifs is 2.